The van der Waals surface area contributed by atoms with Gasteiger partial charge < -0.3 is 15.1 Å². The predicted molar refractivity (Wildman–Crippen MR) is 74.4 cm³/mol. The molecule has 0 saturated carbocycles. The van der Waals surface area contributed by atoms with E-state index < -0.39 is 10.0 Å². The molecule has 1 rings (SSSR count). The maximum absolute atomic E-state index is 12.3. The summed E-state index contributed by atoms with van der Waals surface area (Å²) in [5.74, 6) is 0.934. The highest BCUT2D eigenvalue weighted by molar-refractivity contribution is 7.89. The van der Waals surface area contributed by atoms with Crippen LogP contribution in [0.25, 0.3) is 0 Å². The lowest BCUT2D eigenvalue weighted by Gasteiger charge is -2.20. The molecule has 0 radical (unpaired) electrons. The van der Waals surface area contributed by atoms with Crippen molar-refractivity contribution in [3.05, 3.63) is 17.1 Å². The Morgan fingerprint density at radius 2 is 1.89 bits per heavy atom. The first kappa shape index (κ1) is 16.2. The molecule has 0 amide bonds. The summed E-state index contributed by atoms with van der Waals surface area (Å²) in [5.41, 5.74) is 6.15. The second-order valence-electron chi connectivity index (χ2n) is 4.89. The molecule has 19 heavy (non-hydrogen) atoms. The molecule has 1 aromatic heterocycles. The molecule has 1 atom stereocenters. The molecule has 0 fully saturated rings. The van der Waals surface area contributed by atoms with E-state index in [1.54, 1.807) is 13.8 Å². The monoisotopic (exact) mass is 289 g/mol. The molecule has 0 aliphatic carbocycles. The molecule has 0 saturated heterocycles. The van der Waals surface area contributed by atoms with Crippen LogP contribution in [0.15, 0.2) is 9.31 Å². The second kappa shape index (κ2) is 6.04. The SMILES string of the molecule is Cc1oc(C)c(S(=O)(=O)NCC(C)N(C)C)c1CN. The maximum atomic E-state index is 12.3. The second-order valence-corrected chi connectivity index (χ2v) is 6.59. The Kier molecular flexibility index (Phi) is 5.14. The van der Waals surface area contributed by atoms with Crippen molar-refractivity contribution < 1.29 is 12.8 Å². The molecule has 7 heteroatoms. The van der Waals surface area contributed by atoms with E-state index in [4.69, 9.17) is 10.2 Å². The maximum Gasteiger partial charge on any atom is 0.244 e. The van der Waals surface area contributed by atoms with Crippen molar-refractivity contribution in [2.75, 3.05) is 20.6 Å². The van der Waals surface area contributed by atoms with Crippen LogP contribution in [0.1, 0.15) is 24.0 Å². The van der Waals surface area contributed by atoms with Gasteiger partial charge in [0.1, 0.15) is 16.4 Å². The van der Waals surface area contributed by atoms with Gasteiger partial charge >= 0.3 is 0 Å². The number of nitrogens with zero attached hydrogens (tertiary/aromatic N) is 1. The molecule has 0 aliphatic rings. The summed E-state index contributed by atoms with van der Waals surface area (Å²) in [6, 6.07) is 0.101. The quantitative estimate of drug-likeness (QED) is 0.800. The highest BCUT2D eigenvalue weighted by Crippen LogP contribution is 2.25. The van der Waals surface area contributed by atoms with Crippen molar-refractivity contribution in [2.45, 2.75) is 38.3 Å². The number of nitrogens with one attached hydrogen (secondary N) is 1. The van der Waals surface area contributed by atoms with Crippen LogP contribution in [0.5, 0.6) is 0 Å². The molecule has 0 aliphatic heterocycles. The molecule has 1 aromatic rings. The van der Waals surface area contributed by atoms with Gasteiger partial charge in [-0.15, -0.1) is 0 Å². The normalized spacial score (nSPS) is 14.1. The van der Waals surface area contributed by atoms with E-state index in [1.807, 2.05) is 25.9 Å². The topological polar surface area (TPSA) is 88.6 Å². The minimum atomic E-state index is -3.59. The summed E-state index contributed by atoms with van der Waals surface area (Å²) in [6.45, 7) is 5.78. The van der Waals surface area contributed by atoms with E-state index in [9.17, 15) is 8.42 Å². The minimum absolute atomic E-state index is 0.101. The molecule has 0 aromatic carbocycles. The summed E-state index contributed by atoms with van der Waals surface area (Å²) in [7, 11) is 0.209. The molecule has 1 heterocycles. The van der Waals surface area contributed by atoms with Crippen LogP contribution in [-0.4, -0.2) is 40.0 Å². The van der Waals surface area contributed by atoms with Gasteiger partial charge in [0.15, 0.2) is 0 Å². The van der Waals surface area contributed by atoms with Gasteiger partial charge in [0.05, 0.1) is 0 Å². The average Bonchev–Trinajstić information content (AvgIpc) is 2.60. The first-order chi connectivity index (χ1) is 8.70. The number of aryl methyl sites for hydroxylation is 2. The lowest BCUT2D eigenvalue weighted by atomic mass is 10.2. The van der Waals surface area contributed by atoms with Crippen molar-refractivity contribution in [3.63, 3.8) is 0 Å². The van der Waals surface area contributed by atoms with Gasteiger partial charge in [0.2, 0.25) is 10.0 Å². The van der Waals surface area contributed by atoms with Gasteiger partial charge in [-0.1, -0.05) is 0 Å². The molecule has 0 bridgehead atoms. The van der Waals surface area contributed by atoms with E-state index in [-0.39, 0.29) is 17.5 Å². The zero-order valence-electron chi connectivity index (χ0n) is 12.1. The fourth-order valence-corrected chi connectivity index (χ4v) is 3.36. The zero-order valence-corrected chi connectivity index (χ0v) is 13.0. The average molecular weight is 289 g/mol. The highest BCUT2D eigenvalue weighted by Gasteiger charge is 2.26. The molecule has 110 valence electrons. The van der Waals surface area contributed by atoms with Gasteiger partial charge in [-0.05, 0) is 34.9 Å². The fraction of sp³-hybridized carbons (Fsp3) is 0.667. The number of furan rings is 1. The number of likely N-dealkylation sites (N-methyl/N-ethyl adjacent to an activating group) is 1. The zero-order chi connectivity index (χ0) is 14.8. The van der Waals surface area contributed by atoms with Gasteiger partial charge in [-0.2, -0.15) is 0 Å². The molecule has 3 N–H and O–H groups in total. The number of hydrogen-bond acceptors (Lipinski definition) is 5. The van der Waals surface area contributed by atoms with Crippen LogP contribution in [-0.2, 0) is 16.6 Å². The lowest BCUT2D eigenvalue weighted by Crippen LogP contribution is -2.38. The van der Waals surface area contributed by atoms with Crippen LogP contribution in [0.3, 0.4) is 0 Å². The number of rotatable bonds is 6. The summed E-state index contributed by atoms with van der Waals surface area (Å²) in [4.78, 5) is 2.12. The molecular formula is C12H23N3O3S. The fourth-order valence-electron chi connectivity index (χ4n) is 1.78. The lowest BCUT2D eigenvalue weighted by molar-refractivity contribution is 0.314. The summed E-state index contributed by atoms with van der Waals surface area (Å²) < 4.78 is 32.6. The smallest absolute Gasteiger partial charge is 0.244 e. The number of sulfonamides is 1. The van der Waals surface area contributed by atoms with E-state index in [0.717, 1.165) is 0 Å². The summed E-state index contributed by atoms with van der Waals surface area (Å²) in [6.07, 6.45) is 0. The standard InChI is InChI=1S/C12H23N3O3S/c1-8(15(4)5)7-14-19(16,17)12-10(3)18-9(2)11(12)6-13/h8,14H,6-7,13H2,1-5H3. The van der Waals surface area contributed by atoms with Crippen molar-refractivity contribution >= 4 is 10.0 Å². The Hall–Kier alpha value is -0.890. The Morgan fingerprint density at radius 1 is 1.32 bits per heavy atom. The predicted octanol–water partition coefficient (Wildman–Crippen LogP) is 0.584. The van der Waals surface area contributed by atoms with Crippen LogP contribution in [0.2, 0.25) is 0 Å². The number of hydrogen-bond donors (Lipinski definition) is 2. The van der Waals surface area contributed by atoms with Crippen LogP contribution in [0, 0.1) is 13.8 Å². The summed E-state index contributed by atoms with van der Waals surface area (Å²) >= 11 is 0. The Bertz CT molecular complexity index is 535. The number of nitrogens with two attached hydrogens (primary N) is 1. The van der Waals surface area contributed by atoms with Crippen LogP contribution >= 0.6 is 0 Å². The minimum Gasteiger partial charge on any atom is -0.465 e. The highest BCUT2D eigenvalue weighted by atomic mass is 32.2. The van der Waals surface area contributed by atoms with E-state index in [2.05, 4.69) is 4.72 Å². The Morgan fingerprint density at radius 3 is 2.37 bits per heavy atom. The van der Waals surface area contributed by atoms with Gasteiger partial charge in [-0.3, -0.25) is 0 Å². The Balaban J connectivity index is 3.01. The van der Waals surface area contributed by atoms with E-state index in [1.165, 1.54) is 0 Å². The Labute approximate surface area is 115 Å². The van der Waals surface area contributed by atoms with Crippen molar-refractivity contribution in [3.8, 4) is 0 Å². The van der Waals surface area contributed by atoms with E-state index >= 15 is 0 Å². The van der Waals surface area contributed by atoms with Gasteiger partial charge in [0.25, 0.3) is 0 Å². The van der Waals surface area contributed by atoms with E-state index in [0.29, 0.717) is 23.6 Å². The third-order valence-electron chi connectivity index (χ3n) is 3.25. The van der Waals surface area contributed by atoms with Crippen molar-refractivity contribution in [2.24, 2.45) is 5.73 Å². The van der Waals surface area contributed by atoms with Crippen molar-refractivity contribution in [1.82, 2.24) is 9.62 Å². The third-order valence-corrected chi connectivity index (χ3v) is 4.87. The van der Waals surface area contributed by atoms with Gasteiger partial charge in [-0.25, -0.2) is 13.1 Å². The first-order valence-corrected chi connectivity index (χ1v) is 7.64. The largest absolute Gasteiger partial charge is 0.465 e. The van der Waals surface area contributed by atoms with Gasteiger partial charge in [0, 0.05) is 24.7 Å². The molecular weight excluding hydrogens is 266 g/mol. The molecule has 6 nitrogen and oxygen atoms in total. The summed E-state index contributed by atoms with van der Waals surface area (Å²) in [5, 5.41) is 0. The third kappa shape index (κ3) is 3.56. The van der Waals surface area contributed by atoms with Crippen LogP contribution in [0.4, 0.5) is 0 Å². The first-order valence-electron chi connectivity index (χ1n) is 6.15. The molecule has 1 unspecified atom stereocenters. The van der Waals surface area contributed by atoms with Crippen LogP contribution < -0.4 is 10.5 Å². The van der Waals surface area contributed by atoms with Crippen molar-refractivity contribution in [1.29, 1.82) is 0 Å². The molecule has 0 spiro atoms.